The van der Waals surface area contributed by atoms with Crippen molar-refractivity contribution < 1.29 is 18.7 Å². The van der Waals surface area contributed by atoms with E-state index >= 15 is 0 Å². The lowest BCUT2D eigenvalue weighted by Gasteiger charge is -2.11. The Morgan fingerprint density at radius 1 is 1.44 bits per heavy atom. The Labute approximate surface area is 97.9 Å². The number of nitrogens with zero attached hydrogens (tertiary/aromatic N) is 1. The predicted octanol–water partition coefficient (Wildman–Crippen LogP) is 2.76. The SMILES string of the molecule is O=C=NC1(c2cc(Br)c(O)c(F)c2F)CC1. The van der Waals surface area contributed by atoms with Gasteiger partial charge < -0.3 is 5.11 Å². The highest BCUT2D eigenvalue weighted by Crippen LogP contribution is 2.51. The molecule has 1 N–H and O–H groups in total. The molecule has 0 spiro atoms. The van der Waals surface area contributed by atoms with E-state index in [1.54, 1.807) is 0 Å². The molecule has 0 amide bonds. The van der Waals surface area contributed by atoms with Gasteiger partial charge in [-0.2, -0.15) is 9.38 Å². The van der Waals surface area contributed by atoms with Crippen LogP contribution in [0.3, 0.4) is 0 Å². The van der Waals surface area contributed by atoms with E-state index in [4.69, 9.17) is 5.11 Å². The quantitative estimate of drug-likeness (QED) is 0.517. The van der Waals surface area contributed by atoms with Gasteiger partial charge in [-0.05, 0) is 34.8 Å². The van der Waals surface area contributed by atoms with Gasteiger partial charge in [0.05, 0.1) is 4.47 Å². The molecule has 1 aromatic carbocycles. The molecule has 1 saturated carbocycles. The number of rotatable bonds is 2. The Morgan fingerprint density at radius 3 is 2.56 bits per heavy atom. The van der Waals surface area contributed by atoms with Crippen LogP contribution in [0.25, 0.3) is 0 Å². The maximum Gasteiger partial charge on any atom is 0.235 e. The number of phenols is 1. The molecule has 0 radical (unpaired) electrons. The first-order valence-corrected chi connectivity index (χ1v) is 5.27. The normalized spacial score (nSPS) is 16.7. The highest BCUT2D eigenvalue weighted by Gasteiger charge is 2.47. The van der Waals surface area contributed by atoms with Crippen LogP contribution in [0.4, 0.5) is 8.78 Å². The van der Waals surface area contributed by atoms with Crippen LogP contribution in [-0.2, 0) is 10.3 Å². The second-order valence-electron chi connectivity index (χ2n) is 3.62. The van der Waals surface area contributed by atoms with Crippen LogP contribution in [0.2, 0.25) is 0 Å². The summed E-state index contributed by atoms with van der Waals surface area (Å²) in [5.41, 5.74) is -1.03. The van der Waals surface area contributed by atoms with Gasteiger partial charge in [-0.25, -0.2) is 9.18 Å². The summed E-state index contributed by atoms with van der Waals surface area (Å²) in [7, 11) is 0. The summed E-state index contributed by atoms with van der Waals surface area (Å²) in [6.45, 7) is 0. The summed E-state index contributed by atoms with van der Waals surface area (Å²) >= 11 is 2.91. The second-order valence-corrected chi connectivity index (χ2v) is 4.47. The first kappa shape index (κ1) is 11.2. The maximum atomic E-state index is 13.6. The predicted molar refractivity (Wildman–Crippen MR) is 54.8 cm³/mol. The van der Waals surface area contributed by atoms with Crippen LogP contribution in [0.1, 0.15) is 18.4 Å². The molecule has 1 fully saturated rings. The van der Waals surface area contributed by atoms with Crippen LogP contribution >= 0.6 is 15.9 Å². The first-order chi connectivity index (χ1) is 7.52. The van der Waals surface area contributed by atoms with Crippen molar-refractivity contribution in [2.24, 2.45) is 4.99 Å². The Kier molecular flexibility index (Phi) is 2.56. The third-order valence-electron chi connectivity index (χ3n) is 2.62. The minimum Gasteiger partial charge on any atom is -0.504 e. The van der Waals surface area contributed by atoms with Crippen LogP contribution in [0.15, 0.2) is 15.5 Å². The van der Waals surface area contributed by atoms with E-state index in [-0.39, 0.29) is 10.0 Å². The van der Waals surface area contributed by atoms with Crippen molar-refractivity contribution in [2.75, 3.05) is 0 Å². The minimum atomic E-state index is -1.34. The van der Waals surface area contributed by atoms with Gasteiger partial charge in [-0.1, -0.05) is 0 Å². The van der Waals surface area contributed by atoms with Gasteiger partial charge in [-0.15, -0.1) is 0 Å². The van der Waals surface area contributed by atoms with Crippen LogP contribution in [0, 0.1) is 11.6 Å². The molecule has 16 heavy (non-hydrogen) atoms. The molecule has 84 valence electrons. The molecule has 6 heteroatoms. The van der Waals surface area contributed by atoms with E-state index in [0.717, 1.165) is 0 Å². The smallest absolute Gasteiger partial charge is 0.235 e. The zero-order chi connectivity index (χ0) is 11.9. The fourth-order valence-electron chi connectivity index (χ4n) is 1.57. The maximum absolute atomic E-state index is 13.6. The minimum absolute atomic E-state index is 0.0296. The van der Waals surface area contributed by atoms with Crippen molar-refractivity contribution in [3.8, 4) is 5.75 Å². The third-order valence-corrected chi connectivity index (χ3v) is 3.22. The molecule has 1 aromatic rings. The van der Waals surface area contributed by atoms with Crippen LogP contribution in [-0.4, -0.2) is 11.2 Å². The highest BCUT2D eigenvalue weighted by molar-refractivity contribution is 9.10. The zero-order valence-corrected chi connectivity index (χ0v) is 9.51. The molecule has 3 nitrogen and oxygen atoms in total. The molecule has 0 atom stereocenters. The molecule has 0 unspecified atom stereocenters. The molecular formula is C10H6BrF2NO2. The van der Waals surface area contributed by atoms with Gasteiger partial charge in [0.25, 0.3) is 0 Å². The summed E-state index contributed by atoms with van der Waals surface area (Å²) in [5.74, 6) is -3.29. The number of hydrogen-bond donors (Lipinski definition) is 1. The second kappa shape index (κ2) is 3.64. The molecule has 0 aromatic heterocycles. The van der Waals surface area contributed by atoms with Crippen LogP contribution < -0.4 is 0 Å². The highest BCUT2D eigenvalue weighted by atomic mass is 79.9. The number of carbonyl (C=O) groups excluding carboxylic acids is 1. The standard InChI is InChI=1S/C10H6BrF2NO2/c11-6-3-5(7(12)8(13)9(6)16)10(1-2-10)14-4-15/h3,16H,1-2H2. The zero-order valence-electron chi connectivity index (χ0n) is 7.93. The Bertz CT molecular complexity index is 508. The van der Waals surface area contributed by atoms with E-state index in [2.05, 4.69) is 20.9 Å². The van der Waals surface area contributed by atoms with Crippen molar-refractivity contribution in [2.45, 2.75) is 18.4 Å². The summed E-state index contributed by atoms with van der Waals surface area (Å²) in [5, 5.41) is 9.16. The van der Waals surface area contributed by atoms with E-state index in [9.17, 15) is 13.6 Å². The van der Waals surface area contributed by atoms with Crippen molar-refractivity contribution in [3.63, 3.8) is 0 Å². The van der Waals surface area contributed by atoms with E-state index in [1.807, 2.05) is 0 Å². The van der Waals surface area contributed by atoms with Crippen LogP contribution in [0.5, 0.6) is 5.75 Å². The summed E-state index contributed by atoms with van der Waals surface area (Å²) < 4.78 is 26.8. The number of aromatic hydroxyl groups is 1. The van der Waals surface area contributed by atoms with Crippen molar-refractivity contribution >= 4 is 22.0 Å². The Hall–Kier alpha value is -1.26. The molecule has 0 saturated heterocycles. The number of phenolic OH excluding ortho intramolecular Hbond substituents is 1. The van der Waals surface area contributed by atoms with Crippen molar-refractivity contribution in [3.05, 3.63) is 27.7 Å². The van der Waals surface area contributed by atoms with Crippen molar-refractivity contribution in [1.82, 2.24) is 0 Å². The lowest BCUT2D eigenvalue weighted by Crippen LogP contribution is -2.07. The van der Waals surface area contributed by atoms with Gasteiger partial charge >= 0.3 is 0 Å². The number of isocyanates is 1. The molecular weight excluding hydrogens is 284 g/mol. The molecule has 0 aliphatic heterocycles. The summed E-state index contributed by atoms with van der Waals surface area (Å²) in [6, 6.07) is 1.24. The largest absolute Gasteiger partial charge is 0.504 e. The number of hydrogen-bond acceptors (Lipinski definition) is 3. The topological polar surface area (TPSA) is 49.7 Å². The Balaban J connectivity index is 2.63. The molecule has 1 aliphatic carbocycles. The molecule has 1 aliphatic rings. The number of benzene rings is 1. The first-order valence-electron chi connectivity index (χ1n) is 4.48. The van der Waals surface area contributed by atoms with Gasteiger partial charge in [0.15, 0.2) is 11.6 Å². The van der Waals surface area contributed by atoms with E-state index in [1.165, 1.54) is 12.1 Å². The van der Waals surface area contributed by atoms with Gasteiger partial charge in [-0.3, -0.25) is 0 Å². The van der Waals surface area contributed by atoms with Gasteiger partial charge in [0.1, 0.15) is 5.54 Å². The average molecular weight is 290 g/mol. The van der Waals surface area contributed by atoms with Crippen molar-refractivity contribution in [1.29, 1.82) is 0 Å². The average Bonchev–Trinajstić information content (AvgIpc) is 3.02. The molecule has 0 bridgehead atoms. The third kappa shape index (κ3) is 1.54. The summed E-state index contributed by atoms with van der Waals surface area (Å²) in [6.07, 6.45) is 2.29. The Morgan fingerprint density at radius 2 is 2.06 bits per heavy atom. The van der Waals surface area contributed by atoms with E-state index < -0.39 is 22.9 Å². The van der Waals surface area contributed by atoms with Gasteiger partial charge in [0, 0.05) is 5.56 Å². The van der Waals surface area contributed by atoms with E-state index in [0.29, 0.717) is 12.8 Å². The fraction of sp³-hybridized carbons (Fsp3) is 0.300. The lowest BCUT2D eigenvalue weighted by molar-refractivity contribution is 0.397. The van der Waals surface area contributed by atoms with Gasteiger partial charge in [0.2, 0.25) is 11.9 Å². The number of halogens is 3. The number of aliphatic imine (C=N–C) groups is 1. The molecule has 0 heterocycles. The lowest BCUT2D eigenvalue weighted by atomic mass is 10.0. The summed E-state index contributed by atoms with van der Waals surface area (Å²) in [4.78, 5) is 13.7. The fourth-order valence-corrected chi connectivity index (χ4v) is 1.97. The monoisotopic (exact) mass is 289 g/mol. The molecule has 2 rings (SSSR count).